The van der Waals surface area contributed by atoms with Gasteiger partial charge in [-0.05, 0) is 46.4 Å². The van der Waals surface area contributed by atoms with Gasteiger partial charge >= 0.3 is 5.97 Å². The van der Waals surface area contributed by atoms with Gasteiger partial charge in [-0.25, -0.2) is 4.79 Å². The van der Waals surface area contributed by atoms with Crippen molar-refractivity contribution in [1.29, 1.82) is 0 Å². The molecule has 0 N–H and O–H groups in total. The number of benzene rings is 3. The lowest BCUT2D eigenvalue weighted by Crippen LogP contribution is -2.00. The van der Waals surface area contributed by atoms with E-state index in [1.165, 1.54) is 30.2 Å². The molecule has 0 aliphatic rings. The maximum absolute atomic E-state index is 11.5. The average Bonchev–Trinajstić information content (AvgIpc) is 2.68. The van der Waals surface area contributed by atoms with E-state index in [9.17, 15) is 4.79 Å². The Morgan fingerprint density at radius 2 is 1.12 bits per heavy atom. The Hall–Kier alpha value is -2.87. The molecule has 0 spiro atoms. The van der Waals surface area contributed by atoms with Gasteiger partial charge in [0.25, 0.3) is 0 Å². The Balaban J connectivity index is 1.78. The van der Waals surface area contributed by atoms with Crippen LogP contribution in [0.1, 0.15) is 29.3 Å². The summed E-state index contributed by atoms with van der Waals surface area (Å²) in [6, 6.07) is 24.8. The van der Waals surface area contributed by atoms with Gasteiger partial charge in [-0.15, -0.1) is 0 Å². The lowest BCUT2D eigenvalue weighted by atomic mass is 9.98. The van der Waals surface area contributed by atoms with Crippen molar-refractivity contribution in [3.8, 4) is 22.3 Å². The van der Waals surface area contributed by atoms with Crippen LogP contribution in [-0.2, 0) is 11.2 Å². The first-order chi connectivity index (χ1) is 12.2. The molecule has 0 unspecified atom stereocenters. The quantitative estimate of drug-likeness (QED) is 0.556. The smallest absolute Gasteiger partial charge is 0.337 e. The molecule has 0 saturated carbocycles. The standard InChI is InChI=1S/C23H22O2/c1-3-4-17-5-7-18(8-6-17)19-9-11-20(12-10-19)21-13-15-22(16-14-21)23(24)25-2/h5-16H,3-4H2,1-2H3. The highest BCUT2D eigenvalue weighted by Crippen LogP contribution is 2.25. The molecular weight excluding hydrogens is 308 g/mol. The molecular formula is C23H22O2. The summed E-state index contributed by atoms with van der Waals surface area (Å²) in [5, 5.41) is 0. The lowest BCUT2D eigenvalue weighted by Gasteiger charge is -2.07. The number of hydrogen-bond donors (Lipinski definition) is 0. The van der Waals surface area contributed by atoms with Crippen LogP contribution in [0.15, 0.2) is 72.8 Å². The molecule has 25 heavy (non-hydrogen) atoms. The number of aryl methyl sites for hydroxylation is 1. The second-order valence-electron chi connectivity index (χ2n) is 6.09. The van der Waals surface area contributed by atoms with Crippen molar-refractivity contribution in [2.45, 2.75) is 19.8 Å². The molecule has 0 bridgehead atoms. The normalized spacial score (nSPS) is 10.5. The van der Waals surface area contributed by atoms with Gasteiger partial charge in [-0.3, -0.25) is 0 Å². The molecule has 126 valence electrons. The number of hydrogen-bond acceptors (Lipinski definition) is 2. The molecule has 0 fully saturated rings. The first-order valence-electron chi connectivity index (χ1n) is 8.59. The van der Waals surface area contributed by atoms with Gasteiger partial charge in [0, 0.05) is 0 Å². The first-order valence-corrected chi connectivity index (χ1v) is 8.59. The highest BCUT2D eigenvalue weighted by atomic mass is 16.5. The van der Waals surface area contributed by atoms with Crippen LogP contribution in [-0.4, -0.2) is 13.1 Å². The summed E-state index contributed by atoms with van der Waals surface area (Å²) in [6.45, 7) is 2.20. The van der Waals surface area contributed by atoms with Crippen LogP contribution in [0.5, 0.6) is 0 Å². The van der Waals surface area contributed by atoms with E-state index in [-0.39, 0.29) is 5.97 Å². The maximum atomic E-state index is 11.5. The molecule has 0 radical (unpaired) electrons. The van der Waals surface area contributed by atoms with Gasteiger partial charge < -0.3 is 4.74 Å². The third-order valence-corrected chi connectivity index (χ3v) is 4.35. The number of rotatable bonds is 5. The van der Waals surface area contributed by atoms with Gasteiger partial charge in [0.15, 0.2) is 0 Å². The van der Waals surface area contributed by atoms with E-state index < -0.39 is 0 Å². The minimum Gasteiger partial charge on any atom is -0.465 e. The molecule has 0 amide bonds. The number of ether oxygens (including phenoxy) is 1. The van der Waals surface area contributed by atoms with Gasteiger partial charge in [-0.1, -0.05) is 74.0 Å². The van der Waals surface area contributed by atoms with Gasteiger partial charge in [0.05, 0.1) is 12.7 Å². The number of carbonyl (C=O) groups excluding carboxylic acids is 1. The van der Waals surface area contributed by atoms with Crippen molar-refractivity contribution in [3.63, 3.8) is 0 Å². The zero-order valence-electron chi connectivity index (χ0n) is 14.7. The minimum absolute atomic E-state index is 0.312. The van der Waals surface area contributed by atoms with E-state index in [1.54, 1.807) is 12.1 Å². The molecule has 0 heterocycles. The SMILES string of the molecule is CCCc1ccc(-c2ccc(-c3ccc(C(=O)OC)cc3)cc2)cc1. The van der Waals surface area contributed by atoms with E-state index in [0.29, 0.717) is 5.56 Å². The van der Waals surface area contributed by atoms with Gasteiger partial charge in [0.1, 0.15) is 0 Å². The zero-order chi connectivity index (χ0) is 17.6. The van der Waals surface area contributed by atoms with Crippen LogP contribution < -0.4 is 0 Å². The first kappa shape index (κ1) is 17.0. The Morgan fingerprint density at radius 1 is 0.720 bits per heavy atom. The van der Waals surface area contributed by atoms with Crippen molar-refractivity contribution in [1.82, 2.24) is 0 Å². The Labute approximate surface area is 149 Å². The predicted molar refractivity (Wildman–Crippen MR) is 103 cm³/mol. The van der Waals surface area contributed by atoms with Crippen LogP contribution in [0.4, 0.5) is 0 Å². The highest BCUT2D eigenvalue weighted by molar-refractivity contribution is 5.90. The van der Waals surface area contributed by atoms with E-state index in [2.05, 4.69) is 55.5 Å². The second kappa shape index (κ2) is 7.80. The molecule has 0 atom stereocenters. The van der Waals surface area contributed by atoms with Crippen molar-refractivity contribution in [2.24, 2.45) is 0 Å². The summed E-state index contributed by atoms with van der Waals surface area (Å²) < 4.78 is 4.73. The zero-order valence-corrected chi connectivity index (χ0v) is 14.7. The third kappa shape index (κ3) is 3.97. The Bertz CT molecular complexity index is 829. The number of carbonyl (C=O) groups is 1. The number of methoxy groups -OCH3 is 1. The van der Waals surface area contributed by atoms with E-state index in [0.717, 1.165) is 17.5 Å². The van der Waals surface area contributed by atoms with Crippen molar-refractivity contribution >= 4 is 5.97 Å². The maximum Gasteiger partial charge on any atom is 0.337 e. The largest absolute Gasteiger partial charge is 0.465 e. The average molecular weight is 330 g/mol. The molecule has 0 aliphatic carbocycles. The summed E-state index contributed by atoms with van der Waals surface area (Å²) in [7, 11) is 1.39. The van der Waals surface area contributed by atoms with Crippen molar-refractivity contribution < 1.29 is 9.53 Å². The molecule has 2 nitrogen and oxygen atoms in total. The molecule has 2 heteroatoms. The molecule has 0 saturated heterocycles. The fourth-order valence-electron chi connectivity index (χ4n) is 2.92. The molecule has 3 aromatic carbocycles. The topological polar surface area (TPSA) is 26.3 Å². The molecule has 0 aliphatic heterocycles. The van der Waals surface area contributed by atoms with Crippen molar-refractivity contribution in [2.75, 3.05) is 7.11 Å². The van der Waals surface area contributed by atoms with Gasteiger partial charge in [-0.2, -0.15) is 0 Å². The highest BCUT2D eigenvalue weighted by Gasteiger charge is 2.05. The molecule has 3 rings (SSSR count). The fraction of sp³-hybridized carbons (Fsp3) is 0.174. The Morgan fingerprint density at radius 3 is 1.52 bits per heavy atom. The van der Waals surface area contributed by atoms with Crippen LogP contribution in [0, 0.1) is 0 Å². The summed E-state index contributed by atoms with van der Waals surface area (Å²) in [5.74, 6) is -0.312. The lowest BCUT2D eigenvalue weighted by molar-refractivity contribution is 0.0601. The summed E-state index contributed by atoms with van der Waals surface area (Å²) in [5.41, 5.74) is 6.59. The third-order valence-electron chi connectivity index (χ3n) is 4.35. The Kier molecular flexibility index (Phi) is 5.30. The van der Waals surface area contributed by atoms with Crippen LogP contribution in [0.3, 0.4) is 0 Å². The summed E-state index contributed by atoms with van der Waals surface area (Å²) in [6.07, 6.45) is 2.30. The second-order valence-corrected chi connectivity index (χ2v) is 6.09. The van der Waals surface area contributed by atoms with E-state index >= 15 is 0 Å². The minimum atomic E-state index is -0.312. The summed E-state index contributed by atoms with van der Waals surface area (Å²) >= 11 is 0. The van der Waals surface area contributed by atoms with Crippen LogP contribution >= 0.6 is 0 Å². The fourth-order valence-corrected chi connectivity index (χ4v) is 2.92. The van der Waals surface area contributed by atoms with Crippen LogP contribution in [0.25, 0.3) is 22.3 Å². The number of esters is 1. The summed E-state index contributed by atoms with van der Waals surface area (Å²) in [4.78, 5) is 11.5. The molecule has 3 aromatic rings. The predicted octanol–water partition coefficient (Wildman–Crippen LogP) is 5.76. The van der Waals surface area contributed by atoms with E-state index in [4.69, 9.17) is 4.74 Å². The monoisotopic (exact) mass is 330 g/mol. The van der Waals surface area contributed by atoms with Crippen molar-refractivity contribution in [3.05, 3.63) is 83.9 Å². The van der Waals surface area contributed by atoms with Crippen LogP contribution in [0.2, 0.25) is 0 Å². The van der Waals surface area contributed by atoms with E-state index in [1.807, 2.05) is 12.1 Å². The molecule has 0 aromatic heterocycles. The van der Waals surface area contributed by atoms with Gasteiger partial charge in [0.2, 0.25) is 0 Å².